The molecule has 5 heteroatoms. The normalized spacial score (nSPS) is 12.5. The van der Waals surface area contributed by atoms with Crippen molar-refractivity contribution in [2.75, 3.05) is 5.88 Å². The molecule has 72 valence electrons. The van der Waals surface area contributed by atoms with Crippen molar-refractivity contribution >= 4 is 17.5 Å². The minimum absolute atomic E-state index is 0.0254. The van der Waals surface area contributed by atoms with Crippen LogP contribution in [0.5, 0.6) is 0 Å². The SMILES string of the molecule is CCC(CCl)NC(=O)c1ccn[nH]1. The van der Waals surface area contributed by atoms with Gasteiger partial charge in [-0.2, -0.15) is 5.10 Å². The second-order valence-corrected chi connectivity index (χ2v) is 3.01. The third kappa shape index (κ3) is 2.73. The number of alkyl halides is 1. The Morgan fingerprint density at radius 3 is 3.08 bits per heavy atom. The van der Waals surface area contributed by atoms with Gasteiger partial charge in [0.1, 0.15) is 5.69 Å². The average Bonchev–Trinajstić information content (AvgIpc) is 2.66. The molecule has 0 fully saturated rings. The number of nitrogens with one attached hydrogen (secondary N) is 2. The molecule has 13 heavy (non-hydrogen) atoms. The highest BCUT2D eigenvalue weighted by Crippen LogP contribution is 1.97. The first-order valence-corrected chi connectivity index (χ1v) is 4.67. The van der Waals surface area contributed by atoms with Gasteiger partial charge < -0.3 is 5.32 Å². The van der Waals surface area contributed by atoms with Crippen LogP contribution in [-0.2, 0) is 0 Å². The first-order chi connectivity index (χ1) is 6.27. The number of halogens is 1. The number of H-pyrrole nitrogens is 1. The quantitative estimate of drug-likeness (QED) is 0.719. The molecule has 1 heterocycles. The minimum Gasteiger partial charge on any atom is -0.347 e. The Kier molecular flexibility index (Phi) is 3.76. The van der Waals surface area contributed by atoms with Crippen molar-refractivity contribution in [2.24, 2.45) is 0 Å². The Hall–Kier alpha value is -1.03. The molecule has 1 atom stereocenters. The van der Waals surface area contributed by atoms with Crippen LogP contribution >= 0.6 is 11.6 Å². The van der Waals surface area contributed by atoms with Crippen molar-refractivity contribution in [3.63, 3.8) is 0 Å². The van der Waals surface area contributed by atoms with Crippen molar-refractivity contribution in [3.8, 4) is 0 Å². The van der Waals surface area contributed by atoms with Crippen LogP contribution in [0.3, 0.4) is 0 Å². The summed E-state index contributed by atoms with van der Waals surface area (Å²) in [5.74, 6) is 0.265. The van der Waals surface area contributed by atoms with E-state index < -0.39 is 0 Å². The van der Waals surface area contributed by atoms with Crippen LogP contribution in [0.1, 0.15) is 23.8 Å². The lowest BCUT2D eigenvalue weighted by molar-refractivity contribution is 0.0934. The molecule has 0 saturated heterocycles. The van der Waals surface area contributed by atoms with Gasteiger partial charge in [-0.1, -0.05) is 6.92 Å². The summed E-state index contributed by atoms with van der Waals surface area (Å²) in [5, 5.41) is 9.05. The maximum atomic E-state index is 11.4. The first-order valence-electron chi connectivity index (χ1n) is 4.14. The molecule has 1 aromatic heterocycles. The molecule has 0 aliphatic heterocycles. The molecule has 0 radical (unpaired) electrons. The van der Waals surface area contributed by atoms with E-state index in [9.17, 15) is 4.79 Å². The summed E-state index contributed by atoms with van der Waals surface area (Å²) in [4.78, 5) is 11.4. The molecule has 0 bridgehead atoms. The van der Waals surface area contributed by atoms with Gasteiger partial charge in [0, 0.05) is 18.1 Å². The van der Waals surface area contributed by atoms with Gasteiger partial charge in [0.2, 0.25) is 0 Å². The molecular weight excluding hydrogens is 190 g/mol. The van der Waals surface area contributed by atoms with Gasteiger partial charge in [-0.15, -0.1) is 11.6 Å². The van der Waals surface area contributed by atoms with Crippen LogP contribution in [0.4, 0.5) is 0 Å². The molecule has 4 nitrogen and oxygen atoms in total. The lowest BCUT2D eigenvalue weighted by Crippen LogP contribution is -2.35. The lowest BCUT2D eigenvalue weighted by Gasteiger charge is -2.12. The van der Waals surface area contributed by atoms with Crippen LogP contribution in [-0.4, -0.2) is 28.0 Å². The highest BCUT2D eigenvalue weighted by atomic mass is 35.5. The largest absolute Gasteiger partial charge is 0.347 e. The summed E-state index contributed by atoms with van der Waals surface area (Å²) in [6.45, 7) is 1.97. The molecule has 1 unspecified atom stereocenters. The molecule has 2 N–H and O–H groups in total. The van der Waals surface area contributed by atoms with E-state index in [1.807, 2.05) is 6.92 Å². The molecule has 0 aromatic carbocycles. The smallest absolute Gasteiger partial charge is 0.269 e. The molecule has 0 spiro atoms. The zero-order valence-electron chi connectivity index (χ0n) is 7.38. The maximum Gasteiger partial charge on any atom is 0.269 e. The van der Waals surface area contributed by atoms with E-state index >= 15 is 0 Å². The molecule has 1 rings (SSSR count). The summed E-state index contributed by atoms with van der Waals surface area (Å²) < 4.78 is 0. The van der Waals surface area contributed by atoms with E-state index in [4.69, 9.17) is 11.6 Å². The van der Waals surface area contributed by atoms with Crippen LogP contribution in [0.25, 0.3) is 0 Å². The van der Waals surface area contributed by atoms with Crippen LogP contribution in [0, 0.1) is 0 Å². The van der Waals surface area contributed by atoms with E-state index in [0.717, 1.165) is 6.42 Å². The topological polar surface area (TPSA) is 57.8 Å². The number of hydrogen-bond donors (Lipinski definition) is 2. The Morgan fingerprint density at radius 1 is 1.85 bits per heavy atom. The van der Waals surface area contributed by atoms with Gasteiger partial charge in [0.15, 0.2) is 0 Å². The highest BCUT2D eigenvalue weighted by molar-refractivity contribution is 6.18. The summed E-state index contributed by atoms with van der Waals surface area (Å²) in [5.41, 5.74) is 0.462. The lowest BCUT2D eigenvalue weighted by atomic mass is 10.2. The number of hydrogen-bond acceptors (Lipinski definition) is 2. The third-order valence-corrected chi connectivity index (χ3v) is 2.13. The molecule has 1 amide bonds. The summed E-state index contributed by atoms with van der Waals surface area (Å²) >= 11 is 5.63. The minimum atomic E-state index is -0.162. The average molecular weight is 202 g/mol. The van der Waals surface area contributed by atoms with Crippen molar-refractivity contribution in [2.45, 2.75) is 19.4 Å². The van der Waals surface area contributed by atoms with Crippen molar-refractivity contribution < 1.29 is 4.79 Å². The standard InChI is InChI=1S/C8H12ClN3O/c1-2-6(5-9)11-8(13)7-3-4-10-12-7/h3-4,6H,2,5H2,1H3,(H,10,12)(H,11,13). The van der Waals surface area contributed by atoms with E-state index in [2.05, 4.69) is 15.5 Å². The number of rotatable bonds is 4. The fraction of sp³-hybridized carbons (Fsp3) is 0.500. The first kappa shape index (κ1) is 10.1. The van der Waals surface area contributed by atoms with E-state index in [1.165, 1.54) is 6.20 Å². The summed E-state index contributed by atoms with van der Waals surface area (Å²) in [6, 6.07) is 1.65. The fourth-order valence-corrected chi connectivity index (χ4v) is 1.19. The Labute approximate surface area is 81.7 Å². The third-order valence-electron chi connectivity index (χ3n) is 1.76. The number of aromatic amines is 1. The highest BCUT2D eigenvalue weighted by Gasteiger charge is 2.11. The van der Waals surface area contributed by atoms with Gasteiger partial charge in [-0.05, 0) is 12.5 Å². The predicted molar refractivity (Wildman–Crippen MR) is 50.9 cm³/mol. The molecule has 1 aromatic rings. The molecular formula is C8H12ClN3O. The number of nitrogens with zero attached hydrogens (tertiary/aromatic N) is 1. The van der Waals surface area contributed by atoms with Gasteiger partial charge >= 0.3 is 0 Å². The van der Waals surface area contributed by atoms with Crippen molar-refractivity contribution in [1.82, 2.24) is 15.5 Å². The number of amides is 1. The predicted octanol–water partition coefficient (Wildman–Crippen LogP) is 1.16. The van der Waals surface area contributed by atoms with Gasteiger partial charge in [0.05, 0.1) is 0 Å². The monoisotopic (exact) mass is 201 g/mol. The second-order valence-electron chi connectivity index (χ2n) is 2.70. The molecule has 0 aliphatic rings. The Balaban J connectivity index is 2.50. The van der Waals surface area contributed by atoms with Crippen LogP contribution in [0.15, 0.2) is 12.3 Å². The van der Waals surface area contributed by atoms with E-state index in [0.29, 0.717) is 11.6 Å². The molecule has 0 aliphatic carbocycles. The summed E-state index contributed by atoms with van der Waals surface area (Å²) in [6.07, 6.45) is 2.36. The van der Waals surface area contributed by atoms with Crippen molar-refractivity contribution in [1.29, 1.82) is 0 Å². The maximum absolute atomic E-state index is 11.4. The van der Waals surface area contributed by atoms with Gasteiger partial charge in [-0.25, -0.2) is 0 Å². The molecule has 0 saturated carbocycles. The second kappa shape index (κ2) is 4.87. The number of carbonyl (C=O) groups is 1. The van der Waals surface area contributed by atoms with Crippen LogP contribution < -0.4 is 5.32 Å². The number of carbonyl (C=O) groups excluding carboxylic acids is 1. The Morgan fingerprint density at radius 2 is 2.62 bits per heavy atom. The van der Waals surface area contributed by atoms with E-state index in [-0.39, 0.29) is 11.9 Å². The number of aromatic nitrogens is 2. The van der Waals surface area contributed by atoms with Gasteiger partial charge in [-0.3, -0.25) is 9.89 Å². The summed E-state index contributed by atoms with van der Waals surface area (Å²) in [7, 11) is 0. The van der Waals surface area contributed by atoms with Crippen molar-refractivity contribution in [3.05, 3.63) is 18.0 Å². The Bertz CT molecular complexity index is 256. The van der Waals surface area contributed by atoms with Crippen LogP contribution in [0.2, 0.25) is 0 Å². The van der Waals surface area contributed by atoms with Gasteiger partial charge in [0.25, 0.3) is 5.91 Å². The van der Waals surface area contributed by atoms with E-state index in [1.54, 1.807) is 6.07 Å². The zero-order valence-corrected chi connectivity index (χ0v) is 8.14. The fourth-order valence-electron chi connectivity index (χ4n) is 0.895. The zero-order chi connectivity index (χ0) is 9.68.